The van der Waals surface area contributed by atoms with Crippen LogP contribution in [0, 0.1) is 6.92 Å². The van der Waals surface area contributed by atoms with E-state index in [0.717, 1.165) is 0 Å². The van der Waals surface area contributed by atoms with Gasteiger partial charge in [0.2, 0.25) is 0 Å². The number of hydrogen-bond donors (Lipinski definition) is 1. The average Bonchev–Trinajstić information content (AvgIpc) is 2.03. The first-order chi connectivity index (χ1) is 5.24. The Labute approximate surface area is 66.1 Å². The number of aromatic nitrogens is 2. The quantitative estimate of drug-likeness (QED) is 0.693. The Morgan fingerprint density at radius 3 is 2.91 bits per heavy atom. The van der Waals surface area contributed by atoms with Crippen LogP contribution in [0.15, 0.2) is 12.3 Å². The van der Waals surface area contributed by atoms with Crippen molar-refractivity contribution in [2.45, 2.75) is 26.4 Å². The van der Waals surface area contributed by atoms with Crippen molar-refractivity contribution in [1.82, 2.24) is 9.97 Å². The number of hydrogen-bond acceptors (Lipinski definition) is 3. The molecule has 1 heterocycles. The van der Waals surface area contributed by atoms with Crippen molar-refractivity contribution in [3.63, 3.8) is 0 Å². The molecule has 1 N–H and O–H groups in total. The molecule has 0 saturated carbocycles. The van der Waals surface area contributed by atoms with E-state index in [1.54, 1.807) is 12.3 Å². The van der Waals surface area contributed by atoms with Crippen molar-refractivity contribution in [2.24, 2.45) is 0 Å². The highest BCUT2D eigenvalue weighted by Gasteiger charge is 2.05. The number of aryl methyl sites for hydroxylation is 1. The predicted molar refractivity (Wildman–Crippen MR) is 42.0 cm³/mol. The highest BCUT2D eigenvalue weighted by atomic mass is 16.3. The molecule has 0 spiro atoms. The zero-order valence-electron chi connectivity index (χ0n) is 6.78. The molecule has 1 rings (SSSR count). The molecule has 0 radical (unpaired) electrons. The van der Waals surface area contributed by atoms with E-state index in [2.05, 4.69) is 9.97 Å². The summed E-state index contributed by atoms with van der Waals surface area (Å²) in [7, 11) is 0. The molecule has 0 amide bonds. The van der Waals surface area contributed by atoms with Crippen molar-refractivity contribution in [2.75, 3.05) is 0 Å². The fourth-order valence-electron chi connectivity index (χ4n) is 0.869. The predicted octanol–water partition coefficient (Wildman–Crippen LogP) is 1.23. The van der Waals surface area contributed by atoms with Crippen LogP contribution in [0.2, 0.25) is 0 Å². The van der Waals surface area contributed by atoms with Gasteiger partial charge in [0.1, 0.15) is 5.82 Å². The third kappa shape index (κ3) is 1.98. The zero-order valence-corrected chi connectivity index (χ0v) is 6.78. The van der Waals surface area contributed by atoms with Crippen molar-refractivity contribution < 1.29 is 5.11 Å². The van der Waals surface area contributed by atoms with E-state index in [4.69, 9.17) is 0 Å². The minimum absolute atomic E-state index is 0.448. The van der Waals surface area contributed by atoms with Crippen molar-refractivity contribution >= 4 is 0 Å². The second-order valence-corrected chi connectivity index (χ2v) is 2.45. The fraction of sp³-hybridized carbons (Fsp3) is 0.500. The highest BCUT2D eigenvalue weighted by molar-refractivity contribution is 5.04. The van der Waals surface area contributed by atoms with Crippen LogP contribution >= 0.6 is 0 Å². The summed E-state index contributed by atoms with van der Waals surface area (Å²) in [6, 6.07) is 1.74. The van der Waals surface area contributed by atoms with Gasteiger partial charge in [0.05, 0.1) is 11.8 Å². The van der Waals surface area contributed by atoms with Gasteiger partial charge < -0.3 is 5.11 Å². The van der Waals surface area contributed by atoms with Crippen LogP contribution in [-0.2, 0) is 0 Å². The maximum absolute atomic E-state index is 9.36. The first kappa shape index (κ1) is 8.14. The van der Waals surface area contributed by atoms with Crippen molar-refractivity contribution in [3.05, 3.63) is 23.8 Å². The molecule has 0 bridgehead atoms. The first-order valence-electron chi connectivity index (χ1n) is 3.71. The normalized spacial score (nSPS) is 13.0. The van der Waals surface area contributed by atoms with Crippen LogP contribution in [0.3, 0.4) is 0 Å². The van der Waals surface area contributed by atoms with Gasteiger partial charge in [-0.1, -0.05) is 6.92 Å². The zero-order chi connectivity index (χ0) is 8.27. The molecule has 1 unspecified atom stereocenters. The van der Waals surface area contributed by atoms with E-state index in [-0.39, 0.29) is 0 Å². The maximum Gasteiger partial charge on any atom is 0.125 e. The van der Waals surface area contributed by atoms with Gasteiger partial charge in [-0.2, -0.15) is 0 Å². The summed E-state index contributed by atoms with van der Waals surface area (Å²) in [5.74, 6) is 0.704. The molecular formula is C8H12N2O. The molecule has 11 heavy (non-hydrogen) atoms. The molecule has 1 aromatic rings. The largest absolute Gasteiger partial charge is 0.387 e. The Morgan fingerprint density at radius 1 is 1.64 bits per heavy atom. The number of nitrogens with zero attached hydrogens (tertiary/aromatic N) is 2. The molecule has 0 aliphatic rings. The van der Waals surface area contributed by atoms with Crippen LogP contribution in [0.4, 0.5) is 0 Å². The lowest BCUT2D eigenvalue weighted by Gasteiger charge is -2.05. The smallest absolute Gasteiger partial charge is 0.125 e. The summed E-state index contributed by atoms with van der Waals surface area (Å²) in [6.45, 7) is 3.73. The summed E-state index contributed by atoms with van der Waals surface area (Å²) in [4.78, 5) is 8.02. The van der Waals surface area contributed by atoms with Crippen LogP contribution in [0.25, 0.3) is 0 Å². The highest BCUT2D eigenvalue weighted by Crippen LogP contribution is 2.11. The fourth-order valence-corrected chi connectivity index (χ4v) is 0.869. The van der Waals surface area contributed by atoms with E-state index in [9.17, 15) is 5.11 Å². The van der Waals surface area contributed by atoms with E-state index >= 15 is 0 Å². The molecule has 3 nitrogen and oxygen atoms in total. The lowest BCUT2D eigenvalue weighted by atomic mass is 10.2. The lowest BCUT2D eigenvalue weighted by Crippen LogP contribution is -2.00. The van der Waals surface area contributed by atoms with Gasteiger partial charge in [0.25, 0.3) is 0 Å². The van der Waals surface area contributed by atoms with Gasteiger partial charge in [-0.3, -0.25) is 0 Å². The standard InChI is InChI=1S/C8H12N2O/c1-3-8(11)7-4-5-9-6(2)10-7/h4-5,8,11H,3H2,1-2H3. The van der Waals surface area contributed by atoms with Crippen molar-refractivity contribution in [3.8, 4) is 0 Å². The van der Waals surface area contributed by atoms with Gasteiger partial charge in [-0.15, -0.1) is 0 Å². The van der Waals surface area contributed by atoms with E-state index in [0.29, 0.717) is 17.9 Å². The van der Waals surface area contributed by atoms with E-state index in [1.807, 2.05) is 13.8 Å². The van der Waals surface area contributed by atoms with E-state index < -0.39 is 6.10 Å². The summed E-state index contributed by atoms with van der Waals surface area (Å²) >= 11 is 0. The number of aliphatic hydroxyl groups is 1. The summed E-state index contributed by atoms with van der Waals surface area (Å²) in [5.41, 5.74) is 0.708. The molecule has 0 saturated heterocycles. The van der Waals surface area contributed by atoms with Gasteiger partial charge in [-0.05, 0) is 19.4 Å². The van der Waals surface area contributed by atoms with Crippen LogP contribution < -0.4 is 0 Å². The van der Waals surface area contributed by atoms with Gasteiger partial charge in [0.15, 0.2) is 0 Å². The molecular weight excluding hydrogens is 140 g/mol. The Kier molecular flexibility index (Phi) is 2.54. The average molecular weight is 152 g/mol. The SMILES string of the molecule is CCC(O)c1ccnc(C)n1. The molecule has 3 heteroatoms. The lowest BCUT2D eigenvalue weighted by molar-refractivity contribution is 0.168. The van der Waals surface area contributed by atoms with Gasteiger partial charge >= 0.3 is 0 Å². The molecule has 0 fully saturated rings. The summed E-state index contributed by atoms with van der Waals surface area (Å²) in [5, 5.41) is 9.36. The Bertz CT molecular complexity index is 237. The topological polar surface area (TPSA) is 46.0 Å². The van der Waals surface area contributed by atoms with Crippen LogP contribution in [0.1, 0.15) is 31.0 Å². The number of rotatable bonds is 2. The van der Waals surface area contributed by atoms with Crippen LogP contribution in [-0.4, -0.2) is 15.1 Å². The second-order valence-electron chi connectivity index (χ2n) is 2.45. The Balaban J connectivity index is 2.86. The van der Waals surface area contributed by atoms with Crippen molar-refractivity contribution in [1.29, 1.82) is 0 Å². The van der Waals surface area contributed by atoms with Gasteiger partial charge in [-0.25, -0.2) is 9.97 Å². The summed E-state index contributed by atoms with van der Waals surface area (Å²) < 4.78 is 0. The molecule has 60 valence electrons. The minimum Gasteiger partial charge on any atom is -0.387 e. The molecule has 1 atom stereocenters. The third-order valence-corrected chi connectivity index (χ3v) is 1.53. The first-order valence-corrected chi connectivity index (χ1v) is 3.71. The third-order valence-electron chi connectivity index (χ3n) is 1.53. The number of aliphatic hydroxyl groups excluding tert-OH is 1. The second kappa shape index (κ2) is 3.44. The van der Waals surface area contributed by atoms with Crippen LogP contribution in [0.5, 0.6) is 0 Å². The maximum atomic E-state index is 9.36. The van der Waals surface area contributed by atoms with E-state index in [1.165, 1.54) is 0 Å². The molecule has 0 aliphatic carbocycles. The monoisotopic (exact) mass is 152 g/mol. The summed E-state index contributed by atoms with van der Waals surface area (Å²) in [6.07, 6.45) is 1.91. The minimum atomic E-state index is -0.448. The van der Waals surface area contributed by atoms with Gasteiger partial charge in [0, 0.05) is 6.20 Å². The molecule has 0 aromatic carbocycles. The Hall–Kier alpha value is -0.960. The Morgan fingerprint density at radius 2 is 2.36 bits per heavy atom. The molecule has 0 aliphatic heterocycles. The molecule has 1 aromatic heterocycles.